The lowest BCUT2D eigenvalue weighted by molar-refractivity contribution is 0.432. The average molecular weight is 176 g/mol. The quantitative estimate of drug-likeness (QED) is 0.701. The predicted octanol–water partition coefficient (Wildman–Crippen LogP) is 1.02. The van der Waals surface area contributed by atoms with E-state index in [0.29, 0.717) is 17.3 Å². The maximum Gasteiger partial charge on any atom is 0.192 e. The SMILES string of the molecule is Cc1ncc(-c2oncc2N)cn1. The molecule has 0 aromatic carbocycles. The summed E-state index contributed by atoms with van der Waals surface area (Å²) >= 11 is 0. The Morgan fingerprint density at radius 1 is 1.23 bits per heavy atom. The molecule has 0 aliphatic carbocycles. The van der Waals surface area contributed by atoms with Crippen molar-refractivity contribution in [2.24, 2.45) is 0 Å². The summed E-state index contributed by atoms with van der Waals surface area (Å²) in [6.45, 7) is 1.81. The minimum atomic E-state index is 0.493. The summed E-state index contributed by atoms with van der Waals surface area (Å²) in [5.41, 5.74) is 6.83. The van der Waals surface area contributed by atoms with E-state index in [0.717, 1.165) is 5.56 Å². The van der Waals surface area contributed by atoms with Crippen molar-refractivity contribution in [2.75, 3.05) is 5.73 Å². The van der Waals surface area contributed by atoms with E-state index < -0.39 is 0 Å². The lowest BCUT2D eigenvalue weighted by Crippen LogP contribution is -1.89. The third kappa shape index (κ3) is 1.35. The topological polar surface area (TPSA) is 77.8 Å². The van der Waals surface area contributed by atoms with Crippen molar-refractivity contribution in [3.8, 4) is 11.3 Å². The lowest BCUT2D eigenvalue weighted by Gasteiger charge is -1.95. The Labute approximate surface area is 74.6 Å². The van der Waals surface area contributed by atoms with Crippen molar-refractivity contribution in [1.82, 2.24) is 15.1 Å². The van der Waals surface area contributed by atoms with Gasteiger partial charge in [0.05, 0.1) is 11.8 Å². The second kappa shape index (κ2) is 2.85. The first-order chi connectivity index (χ1) is 6.27. The van der Waals surface area contributed by atoms with Gasteiger partial charge >= 0.3 is 0 Å². The maximum absolute atomic E-state index is 5.60. The van der Waals surface area contributed by atoms with Crippen LogP contribution in [-0.4, -0.2) is 15.1 Å². The molecule has 2 aromatic heterocycles. The molecule has 0 radical (unpaired) electrons. The van der Waals surface area contributed by atoms with Gasteiger partial charge in [-0.2, -0.15) is 0 Å². The van der Waals surface area contributed by atoms with Crippen molar-refractivity contribution in [3.63, 3.8) is 0 Å². The number of aromatic nitrogens is 3. The Hall–Kier alpha value is -1.91. The molecule has 0 bridgehead atoms. The molecule has 0 saturated carbocycles. The predicted molar refractivity (Wildman–Crippen MR) is 46.7 cm³/mol. The monoisotopic (exact) mass is 176 g/mol. The molecule has 0 unspecified atom stereocenters. The van der Waals surface area contributed by atoms with Gasteiger partial charge in [0, 0.05) is 12.4 Å². The van der Waals surface area contributed by atoms with Crippen LogP contribution < -0.4 is 5.73 Å². The van der Waals surface area contributed by atoms with Crippen LogP contribution in [0.1, 0.15) is 5.82 Å². The second-order valence-corrected chi connectivity index (χ2v) is 2.63. The summed E-state index contributed by atoms with van der Waals surface area (Å²) in [5, 5.41) is 3.56. The number of anilines is 1. The summed E-state index contributed by atoms with van der Waals surface area (Å²) in [5.74, 6) is 1.22. The number of nitrogen functional groups attached to an aromatic ring is 1. The van der Waals surface area contributed by atoms with E-state index in [1.165, 1.54) is 6.20 Å². The standard InChI is InChI=1S/C8H8N4O/c1-5-10-2-6(3-11-5)8-7(9)4-12-13-8/h2-4H,9H2,1H3. The van der Waals surface area contributed by atoms with Crippen LogP contribution in [0, 0.1) is 6.92 Å². The van der Waals surface area contributed by atoms with E-state index in [4.69, 9.17) is 10.3 Å². The van der Waals surface area contributed by atoms with Crippen molar-refractivity contribution in [2.45, 2.75) is 6.92 Å². The number of nitrogens with zero attached hydrogens (tertiary/aromatic N) is 3. The molecule has 2 N–H and O–H groups in total. The molecule has 2 rings (SSSR count). The Morgan fingerprint density at radius 2 is 1.92 bits per heavy atom. The zero-order valence-corrected chi connectivity index (χ0v) is 7.06. The maximum atomic E-state index is 5.60. The van der Waals surface area contributed by atoms with E-state index in [1.807, 2.05) is 6.92 Å². The highest BCUT2D eigenvalue weighted by atomic mass is 16.5. The molecule has 0 aliphatic heterocycles. The van der Waals surface area contributed by atoms with Gasteiger partial charge in [-0.15, -0.1) is 0 Å². The molecular formula is C8H8N4O. The first-order valence-corrected chi connectivity index (χ1v) is 3.76. The minimum Gasteiger partial charge on any atom is -0.394 e. The first-order valence-electron chi connectivity index (χ1n) is 3.76. The minimum absolute atomic E-state index is 0.493. The molecule has 66 valence electrons. The van der Waals surface area contributed by atoms with Gasteiger partial charge in [0.25, 0.3) is 0 Å². The Kier molecular flexibility index (Phi) is 1.70. The van der Waals surface area contributed by atoms with Gasteiger partial charge in [-0.3, -0.25) is 0 Å². The molecule has 5 nitrogen and oxygen atoms in total. The van der Waals surface area contributed by atoms with Crippen LogP contribution in [0.2, 0.25) is 0 Å². The van der Waals surface area contributed by atoms with Gasteiger partial charge in [0.15, 0.2) is 5.76 Å². The van der Waals surface area contributed by atoms with E-state index >= 15 is 0 Å². The Bertz CT molecular complexity index is 406. The summed E-state index contributed by atoms with van der Waals surface area (Å²) in [7, 11) is 0. The molecule has 5 heteroatoms. The van der Waals surface area contributed by atoms with Crippen molar-refractivity contribution in [3.05, 3.63) is 24.4 Å². The van der Waals surface area contributed by atoms with Crippen LogP contribution in [0.3, 0.4) is 0 Å². The third-order valence-electron chi connectivity index (χ3n) is 1.64. The Balaban J connectivity index is 2.47. The van der Waals surface area contributed by atoms with E-state index in [2.05, 4.69) is 15.1 Å². The van der Waals surface area contributed by atoms with Crippen LogP contribution >= 0.6 is 0 Å². The zero-order chi connectivity index (χ0) is 9.26. The van der Waals surface area contributed by atoms with Gasteiger partial charge in [-0.25, -0.2) is 9.97 Å². The number of aryl methyl sites for hydroxylation is 1. The van der Waals surface area contributed by atoms with Gasteiger partial charge in [-0.05, 0) is 6.92 Å². The summed E-state index contributed by atoms with van der Waals surface area (Å²) in [6.07, 6.45) is 4.76. The second-order valence-electron chi connectivity index (χ2n) is 2.63. The van der Waals surface area contributed by atoms with Gasteiger partial charge in [0.1, 0.15) is 11.5 Å². The molecular weight excluding hydrogens is 168 g/mol. The van der Waals surface area contributed by atoms with Gasteiger partial charge in [0.2, 0.25) is 0 Å². The highest BCUT2D eigenvalue weighted by Gasteiger charge is 2.07. The fraction of sp³-hybridized carbons (Fsp3) is 0.125. The molecule has 0 atom stereocenters. The highest BCUT2D eigenvalue weighted by Crippen LogP contribution is 2.23. The van der Waals surface area contributed by atoms with Gasteiger partial charge < -0.3 is 10.3 Å². The number of rotatable bonds is 1. The van der Waals surface area contributed by atoms with Crippen molar-refractivity contribution < 1.29 is 4.52 Å². The number of hydrogen-bond acceptors (Lipinski definition) is 5. The molecule has 0 fully saturated rings. The Morgan fingerprint density at radius 3 is 2.46 bits per heavy atom. The third-order valence-corrected chi connectivity index (χ3v) is 1.64. The van der Waals surface area contributed by atoms with Crippen LogP contribution in [-0.2, 0) is 0 Å². The number of nitrogens with two attached hydrogens (primary N) is 1. The molecule has 2 aromatic rings. The highest BCUT2D eigenvalue weighted by molar-refractivity contribution is 5.68. The molecule has 13 heavy (non-hydrogen) atoms. The van der Waals surface area contributed by atoms with Crippen LogP contribution in [0.25, 0.3) is 11.3 Å². The lowest BCUT2D eigenvalue weighted by atomic mass is 10.2. The summed E-state index contributed by atoms with van der Waals surface area (Å²) in [4.78, 5) is 8.04. The van der Waals surface area contributed by atoms with E-state index in [9.17, 15) is 0 Å². The van der Waals surface area contributed by atoms with Crippen LogP contribution in [0.4, 0.5) is 5.69 Å². The van der Waals surface area contributed by atoms with E-state index in [1.54, 1.807) is 12.4 Å². The number of hydrogen-bond donors (Lipinski definition) is 1. The molecule has 0 aliphatic rings. The molecule has 0 saturated heterocycles. The summed E-state index contributed by atoms with van der Waals surface area (Å²) < 4.78 is 4.94. The largest absolute Gasteiger partial charge is 0.394 e. The molecule has 0 spiro atoms. The normalized spacial score (nSPS) is 10.2. The van der Waals surface area contributed by atoms with Crippen molar-refractivity contribution in [1.29, 1.82) is 0 Å². The van der Waals surface area contributed by atoms with Gasteiger partial charge in [-0.1, -0.05) is 5.16 Å². The van der Waals surface area contributed by atoms with Crippen molar-refractivity contribution >= 4 is 5.69 Å². The molecule has 2 heterocycles. The van der Waals surface area contributed by atoms with E-state index in [-0.39, 0.29) is 0 Å². The summed E-state index contributed by atoms with van der Waals surface area (Å²) in [6, 6.07) is 0. The fourth-order valence-electron chi connectivity index (χ4n) is 0.976. The first kappa shape index (κ1) is 7.72. The van der Waals surface area contributed by atoms with Crippen LogP contribution in [0.15, 0.2) is 23.1 Å². The van der Waals surface area contributed by atoms with Crippen LogP contribution in [0.5, 0.6) is 0 Å². The smallest absolute Gasteiger partial charge is 0.192 e. The molecule has 0 amide bonds. The zero-order valence-electron chi connectivity index (χ0n) is 7.06. The average Bonchev–Trinajstić information content (AvgIpc) is 2.53. The fourth-order valence-corrected chi connectivity index (χ4v) is 0.976.